The maximum absolute atomic E-state index is 2.42. The molecule has 0 N–H and O–H groups in total. The van der Waals surface area contributed by atoms with Crippen LogP contribution in [0.2, 0.25) is 0 Å². The van der Waals surface area contributed by atoms with Gasteiger partial charge in [-0.25, -0.2) is 0 Å². The Morgan fingerprint density at radius 1 is 0.682 bits per heavy atom. The Labute approximate surface area is 156 Å². The molecule has 0 atom stereocenters. The standard InChI is InChI=1S/C19H13I2N/c20-14-6-8-18-16(10-14)17-11-15(21)7-9-19(17)22(18)12-13-4-2-1-3-5-13/h1-11H,12H2. The topological polar surface area (TPSA) is 4.93 Å². The highest BCUT2D eigenvalue weighted by Crippen LogP contribution is 2.32. The molecular weight excluding hydrogens is 496 g/mol. The average molecular weight is 509 g/mol. The van der Waals surface area contributed by atoms with Crippen molar-refractivity contribution in [2.24, 2.45) is 0 Å². The summed E-state index contributed by atoms with van der Waals surface area (Å²) in [5, 5.41) is 2.69. The van der Waals surface area contributed by atoms with Gasteiger partial charge >= 0.3 is 0 Å². The van der Waals surface area contributed by atoms with Gasteiger partial charge in [0.1, 0.15) is 0 Å². The molecule has 0 saturated heterocycles. The molecule has 4 aromatic rings. The summed E-state index contributed by atoms with van der Waals surface area (Å²) in [7, 11) is 0. The van der Waals surface area contributed by atoms with E-state index in [1.807, 2.05) is 0 Å². The zero-order valence-electron chi connectivity index (χ0n) is 11.8. The molecule has 0 bridgehead atoms. The van der Waals surface area contributed by atoms with Crippen molar-refractivity contribution in [2.75, 3.05) is 0 Å². The summed E-state index contributed by atoms with van der Waals surface area (Å²) >= 11 is 4.78. The van der Waals surface area contributed by atoms with Gasteiger partial charge in [0.25, 0.3) is 0 Å². The number of nitrogens with zero attached hydrogens (tertiary/aromatic N) is 1. The van der Waals surface area contributed by atoms with Gasteiger partial charge in [-0.05, 0) is 87.1 Å². The fourth-order valence-electron chi connectivity index (χ4n) is 2.98. The van der Waals surface area contributed by atoms with Gasteiger partial charge in [-0.2, -0.15) is 0 Å². The van der Waals surface area contributed by atoms with E-state index in [1.54, 1.807) is 0 Å². The van der Waals surface area contributed by atoms with Crippen molar-refractivity contribution in [2.45, 2.75) is 6.54 Å². The molecule has 0 saturated carbocycles. The zero-order valence-corrected chi connectivity index (χ0v) is 16.1. The third kappa shape index (κ3) is 2.54. The van der Waals surface area contributed by atoms with Crippen LogP contribution >= 0.6 is 45.2 Å². The fraction of sp³-hybridized carbons (Fsp3) is 0.0526. The lowest BCUT2D eigenvalue weighted by molar-refractivity contribution is 0.869. The highest BCUT2D eigenvalue weighted by Gasteiger charge is 2.11. The van der Waals surface area contributed by atoms with E-state index in [0.717, 1.165) is 6.54 Å². The highest BCUT2D eigenvalue weighted by molar-refractivity contribution is 14.1. The summed E-state index contributed by atoms with van der Waals surface area (Å²) in [5.74, 6) is 0. The van der Waals surface area contributed by atoms with Gasteiger partial charge in [0.2, 0.25) is 0 Å². The normalized spacial score (nSPS) is 11.4. The number of aromatic nitrogens is 1. The Kier molecular flexibility index (Phi) is 3.86. The van der Waals surface area contributed by atoms with Crippen LogP contribution in [0.4, 0.5) is 0 Å². The average Bonchev–Trinajstić information content (AvgIpc) is 2.81. The van der Waals surface area contributed by atoms with E-state index in [2.05, 4.69) is 116 Å². The van der Waals surface area contributed by atoms with Crippen LogP contribution in [0.15, 0.2) is 66.7 Å². The lowest BCUT2D eigenvalue weighted by Gasteiger charge is -2.08. The summed E-state index contributed by atoms with van der Waals surface area (Å²) < 4.78 is 4.98. The predicted molar refractivity (Wildman–Crippen MR) is 110 cm³/mol. The Morgan fingerprint density at radius 3 is 1.77 bits per heavy atom. The number of hydrogen-bond acceptors (Lipinski definition) is 0. The van der Waals surface area contributed by atoms with Crippen LogP contribution < -0.4 is 0 Å². The van der Waals surface area contributed by atoms with Crippen LogP contribution in [0.3, 0.4) is 0 Å². The number of hydrogen-bond donors (Lipinski definition) is 0. The summed E-state index contributed by atoms with van der Waals surface area (Å²) in [6, 6.07) is 24.1. The molecule has 108 valence electrons. The molecule has 0 spiro atoms. The van der Waals surface area contributed by atoms with Crippen LogP contribution in [-0.2, 0) is 6.54 Å². The molecule has 0 amide bonds. The lowest BCUT2D eigenvalue weighted by atomic mass is 10.2. The molecule has 0 radical (unpaired) electrons. The molecule has 1 aromatic heterocycles. The molecule has 0 aliphatic heterocycles. The molecule has 1 nitrogen and oxygen atoms in total. The quantitative estimate of drug-likeness (QED) is 0.290. The zero-order chi connectivity index (χ0) is 15.1. The van der Waals surface area contributed by atoms with Gasteiger partial charge in [0.15, 0.2) is 0 Å². The number of rotatable bonds is 2. The number of benzene rings is 3. The van der Waals surface area contributed by atoms with Crippen molar-refractivity contribution in [3.63, 3.8) is 0 Å². The number of halogens is 2. The van der Waals surface area contributed by atoms with E-state index in [-0.39, 0.29) is 0 Å². The van der Waals surface area contributed by atoms with E-state index in [4.69, 9.17) is 0 Å². The maximum Gasteiger partial charge on any atom is 0.0495 e. The lowest BCUT2D eigenvalue weighted by Crippen LogP contribution is -1.99. The monoisotopic (exact) mass is 509 g/mol. The first-order chi connectivity index (χ1) is 10.7. The minimum atomic E-state index is 0.905. The summed E-state index contributed by atoms with van der Waals surface area (Å²) in [5.41, 5.74) is 3.95. The maximum atomic E-state index is 2.42. The van der Waals surface area contributed by atoms with Gasteiger partial charge in [-0.15, -0.1) is 0 Å². The predicted octanol–water partition coefficient (Wildman–Crippen LogP) is 6.05. The van der Waals surface area contributed by atoms with Crippen LogP contribution in [0.25, 0.3) is 21.8 Å². The van der Waals surface area contributed by atoms with Crippen molar-refractivity contribution in [3.8, 4) is 0 Å². The fourth-order valence-corrected chi connectivity index (χ4v) is 3.97. The molecule has 0 aliphatic carbocycles. The van der Waals surface area contributed by atoms with Crippen molar-refractivity contribution < 1.29 is 0 Å². The molecule has 4 rings (SSSR count). The van der Waals surface area contributed by atoms with Gasteiger partial charge in [0.05, 0.1) is 0 Å². The summed E-state index contributed by atoms with van der Waals surface area (Å²) in [6.07, 6.45) is 0. The first-order valence-electron chi connectivity index (χ1n) is 7.13. The van der Waals surface area contributed by atoms with Crippen LogP contribution in [0.5, 0.6) is 0 Å². The molecule has 0 aliphatic rings. The first kappa shape index (κ1) is 14.5. The Bertz CT molecular complexity index is 912. The van der Waals surface area contributed by atoms with E-state index in [9.17, 15) is 0 Å². The van der Waals surface area contributed by atoms with E-state index < -0.39 is 0 Å². The molecule has 0 unspecified atom stereocenters. The van der Waals surface area contributed by atoms with Crippen LogP contribution in [0.1, 0.15) is 5.56 Å². The third-order valence-corrected chi connectivity index (χ3v) is 5.31. The SMILES string of the molecule is Ic1ccc2c(c1)c1cc(I)ccc1n2Cc1ccccc1. The highest BCUT2D eigenvalue weighted by atomic mass is 127. The van der Waals surface area contributed by atoms with Gasteiger partial charge in [-0.1, -0.05) is 30.3 Å². The molecular formula is C19H13I2N. The van der Waals surface area contributed by atoms with Gasteiger partial charge in [-0.3, -0.25) is 0 Å². The smallest absolute Gasteiger partial charge is 0.0495 e. The third-order valence-electron chi connectivity index (χ3n) is 3.97. The summed E-state index contributed by atoms with van der Waals surface area (Å²) in [4.78, 5) is 0. The second kappa shape index (κ2) is 5.85. The molecule has 22 heavy (non-hydrogen) atoms. The molecule has 3 aromatic carbocycles. The number of fused-ring (bicyclic) bond motifs is 3. The largest absolute Gasteiger partial charge is 0.336 e. The Hall–Kier alpha value is -1.08. The van der Waals surface area contributed by atoms with Crippen LogP contribution in [-0.4, -0.2) is 4.57 Å². The Balaban J connectivity index is 2.02. The van der Waals surface area contributed by atoms with Crippen molar-refractivity contribution in [1.29, 1.82) is 0 Å². The molecule has 1 heterocycles. The second-order valence-electron chi connectivity index (χ2n) is 5.39. The summed E-state index contributed by atoms with van der Waals surface area (Å²) in [6.45, 7) is 0.905. The van der Waals surface area contributed by atoms with Crippen LogP contribution in [0, 0.1) is 7.14 Å². The van der Waals surface area contributed by atoms with E-state index in [1.165, 1.54) is 34.5 Å². The Morgan fingerprint density at radius 2 is 1.23 bits per heavy atom. The second-order valence-corrected chi connectivity index (χ2v) is 7.89. The van der Waals surface area contributed by atoms with E-state index in [0.29, 0.717) is 0 Å². The molecule has 3 heteroatoms. The van der Waals surface area contributed by atoms with Gasteiger partial charge < -0.3 is 4.57 Å². The minimum Gasteiger partial charge on any atom is -0.336 e. The minimum absolute atomic E-state index is 0.905. The first-order valence-corrected chi connectivity index (χ1v) is 9.29. The van der Waals surface area contributed by atoms with Crippen molar-refractivity contribution in [3.05, 3.63) is 79.4 Å². The van der Waals surface area contributed by atoms with E-state index >= 15 is 0 Å². The molecule has 0 fully saturated rings. The van der Waals surface area contributed by atoms with Gasteiger partial charge in [0, 0.05) is 35.5 Å². The van der Waals surface area contributed by atoms with Crippen molar-refractivity contribution >= 4 is 67.0 Å². The van der Waals surface area contributed by atoms with Crippen molar-refractivity contribution in [1.82, 2.24) is 4.57 Å².